The van der Waals surface area contributed by atoms with E-state index in [1.807, 2.05) is 0 Å². The van der Waals surface area contributed by atoms with E-state index in [1.165, 1.54) is 0 Å². The van der Waals surface area contributed by atoms with Crippen molar-refractivity contribution < 1.29 is 109 Å². The van der Waals surface area contributed by atoms with Crippen LogP contribution in [0.1, 0.15) is 0 Å². The molecule has 0 bridgehead atoms. The summed E-state index contributed by atoms with van der Waals surface area (Å²) in [5, 5.41) is 10.1. The van der Waals surface area contributed by atoms with Gasteiger partial charge in [-0.1, -0.05) is 0 Å². The van der Waals surface area contributed by atoms with Crippen LogP contribution in [0.15, 0.2) is 0 Å². The van der Waals surface area contributed by atoms with Gasteiger partial charge in [-0.3, -0.25) is 4.18 Å². The van der Waals surface area contributed by atoms with Gasteiger partial charge in [0.05, 0.1) is 6.61 Å². The van der Waals surface area contributed by atoms with E-state index in [4.69, 9.17) is 14.2 Å². The predicted molar refractivity (Wildman–Crippen MR) is 64.7 cm³/mol. The van der Waals surface area contributed by atoms with Crippen molar-refractivity contribution in [3.63, 3.8) is 0 Å². The Bertz CT molecular complexity index is 569. The SMILES string of the molecule is CO[C@H]1O[C@H](COS(=O)(=O)[O-])[C@@H](OC)[C@H](O)[C@H]1NS(=O)(=O)[O-].[Na+].[Na+]. The molecule has 2 N–H and O–H groups in total. The molecule has 1 aliphatic rings. The van der Waals surface area contributed by atoms with E-state index in [0.717, 1.165) is 14.2 Å². The molecule has 16 heteroatoms. The molecule has 0 saturated carbocycles. The van der Waals surface area contributed by atoms with Gasteiger partial charge >= 0.3 is 59.1 Å². The number of nitrogens with one attached hydrogen (secondary N) is 1. The summed E-state index contributed by atoms with van der Waals surface area (Å²) < 4.78 is 84.1. The Morgan fingerprint density at radius 2 is 1.67 bits per heavy atom. The third kappa shape index (κ3) is 8.98. The van der Waals surface area contributed by atoms with Crippen LogP contribution in [0, 0.1) is 0 Å². The van der Waals surface area contributed by atoms with Crippen molar-refractivity contribution in [1.82, 2.24) is 4.72 Å². The van der Waals surface area contributed by atoms with Crippen LogP contribution in [0.5, 0.6) is 0 Å². The quantitative estimate of drug-likeness (QED) is 0.230. The number of aliphatic hydroxyl groups is 1. The van der Waals surface area contributed by atoms with Crippen LogP contribution >= 0.6 is 0 Å². The molecule has 1 fully saturated rings. The van der Waals surface area contributed by atoms with Crippen LogP contribution in [0.3, 0.4) is 0 Å². The molecule has 0 spiro atoms. The molecule has 0 aromatic carbocycles. The van der Waals surface area contributed by atoms with Crippen LogP contribution in [0.25, 0.3) is 0 Å². The van der Waals surface area contributed by atoms with E-state index in [9.17, 15) is 31.0 Å². The fourth-order valence-corrected chi connectivity index (χ4v) is 2.87. The van der Waals surface area contributed by atoms with Crippen molar-refractivity contribution in [2.45, 2.75) is 30.6 Å². The number of rotatable bonds is 7. The molecule has 132 valence electrons. The molecule has 0 aliphatic carbocycles. The molecular weight excluding hydrogens is 396 g/mol. The Morgan fingerprint density at radius 1 is 1.12 bits per heavy atom. The van der Waals surface area contributed by atoms with Crippen molar-refractivity contribution in [3.05, 3.63) is 0 Å². The zero-order valence-electron chi connectivity index (χ0n) is 13.4. The molecule has 0 radical (unpaired) electrons. The van der Waals surface area contributed by atoms with E-state index in [2.05, 4.69) is 4.18 Å². The molecule has 0 amide bonds. The smallest absolute Gasteiger partial charge is 0.735 e. The summed E-state index contributed by atoms with van der Waals surface area (Å²) in [5.41, 5.74) is 0. The molecule has 1 saturated heterocycles. The number of hydrogen-bond donors (Lipinski definition) is 2. The van der Waals surface area contributed by atoms with Gasteiger partial charge in [-0.2, -0.15) is 0 Å². The molecule has 0 aromatic heterocycles. The topological polar surface area (TPSA) is 184 Å². The van der Waals surface area contributed by atoms with Gasteiger partial charge in [0.25, 0.3) is 0 Å². The summed E-state index contributed by atoms with van der Waals surface area (Å²) in [5.74, 6) is 0. The third-order valence-electron chi connectivity index (χ3n) is 2.83. The Kier molecular flexibility index (Phi) is 13.2. The van der Waals surface area contributed by atoms with Gasteiger partial charge in [-0.25, -0.2) is 21.6 Å². The zero-order chi connectivity index (χ0) is 17.1. The molecule has 1 aliphatic heterocycles. The Hall–Kier alpha value is 1.58. The first-order valence-electron chi connectivity index (χ1n) is 5.71. The first kappa shape index (κ1) is 27.8. The maximum absolute atomic E-state index is 10.8. The predicted octanol–water partition coefficient (Wildman–Crippen LogP) is -9.36. The maximum atomic E-state index is 10.8. The summed E-state index contributed by atoms with van der Waals surface area (Å²) in [6.07, 6.45) is -5.61. The van der Waals surface area contributed by atoms with Gasteiger partial charge in [0.15, 0.2) is 16.6 Å². The largest absolute Gasteiger partial charge is 1.00 e. The first-order valence-corrected chi connectivity index (χ1v) is 8.45. The van der Waals surface area contributed by atoms with Gasteiger partial charge in [0.2, 0.25) is 10.4 Å². The van der Waals surface area contributed by atoms with Crippen molar-refractivity contribution in [2.75, 3.05) is 20.8 Å². The number of aliphatic hydroxyl groups excluding tert-OH is 1. The third-order valence-corrected chi connectivity index (χ3v) is 3.82. The molecule has 24 heavy (non-hydrogen) atoms. The monoisotopic (exact) mass is 411 g/mol. The average molecular weight is 411 g/mol. The van der Waals surface area contributed by atoms with Crippen LogP contribution in [-0.2, 0) is 39.1 Å². The second-order valence-corrected chi connectivity index (χ2v) is 6.46. The summed E-state index contributed by atoms with van der Waals surface area (Å²) in [6, 6.07) is -1.50. The van der Waals surface area contributed by atoms with E-state index in [-0.39, 0.29) is 59.1 Å². The van der Waals surface area contributed by atoms with Gasteiger partial charge in [0, 0.05) is 14.2 Å². The van der Waals surface area contributed by atoms with E-state index >= 15 is 0 Å². The second kappa shape index (κ2) is 11.4. The van der Waals surface area contributed by atoms with E-state index < -0.39 is 58.0 Å². The average Bonchev–Trinajstić information content (AvgIpc) is 2.36. The van der Waals surface area contributed by atoms with Crippen molar-refractivity contribution in [1.29, 1.82) is 0 Å². The zero-order valence-corrected chi connectivity index (χ0v) is 19.1. The standard InChI is InChI=1S/C8H17NO11S2.2Na/c1-17-7-4(3-19-22(14,15)16)20-8(18-2)5(6(7)10)9-21(11,12)13;;/h4-10H,3H2,1-2H3,(H,11,12,13)(H,14,15,16);;/q;2*+1/p-2/t4-,5-,6-,7-,8+;;/m1../s1. The van der Waals surface area contributed by atoms with Crippen molar-refractivity contribution >= 4 is 20.7 Å². The van der Waals surface area contributed by atoms with Gasteiger partial charge in [-0.05, 0) is 0 Å². The number of ether oxygens (including phenoxy) is 3. The van der Waals surface area contributed by atoms with Crippen molar-refractivity contribution in [3.8, 4) is 0 Å². The summed E-state index contributed by atoms with van der Waals surface area (Å²) in [6.45, 7) is -0.794. The van der Waals surface area contributed by atoms with Crippen LogP contribution in [-0.4, -0.2) is 82.5 Å². The first-order chi connectivity index (χ1) is 9.98. The Balaban J connectivity index is 0. The minimum atomic E-state index is -5.01. The molecule has 0 aromatic rings. The molecule has 0 unspecified atom stereocenters. The van der Waals surface area contributed by atoms with Crippen molar-refractivity contribution in [2.24, 2.45) is 0 Å². The van der Waals surface area contributed by atoms with Gasteiger partial charge in [0.1, 0.15) is 24.4 Å². The number of methoxy groups -OCH3 is 2. The van der Waals surface area contributed by atoms with E-state index in [0.29, 0.717) is 0 Å². The fraction of sp³-hybridized carbons (Fsp3) is 1.00. The molecule has 12 nitrogen and oxygen atoms in total. The maximum Gasteiger partial charge on any atom is 1.00 e. The number of hydrogen-bond acceptors (Lipinski definition) is 11. The van der Waals surface area contributed by atoms with Gasteiger partial charge in [-0.15, -0.1) is 0 Å². The minimum absolute atomic E-state index is 0. The van der Waals surface area contributed by atoms with Crippen LogP contribution in [0.2, 0.25) is 0 Å². The molecule has 1 heterocycles. The van der Waals surface area contributed by atoms with Gasteiger partial charge < -0.3 is 28.4 Å². The molecule has 1 rings (SSSR count). The Labute approximate surface area is 184 Å². The summed E-state index contributed by atoms with van der Waals surface area (Å²) >= 11 is 0. The van der Waals surface area contributed by atoms with E-state index in [1.54, 1.807) is 4.72 Å². The molecular formula is C8H15NNa2O11S2. The second-order valence-electron chi connectivity index (χ2n) is 4.26. The normalized spacial score (nSPS) is 31.0. The minimum Gasteiger partial charge on any atom is -0.735 e. The Morgan fingerprint density at radius 3 is 2.04 bits per heavy atom. The van der Waals surface area contributed by atoms with Crippen LogP contribution in [0.4, 0.5) is 0 Å². The fourth-order valence-electron chi connectivity index (χ4n) is 1.99. The summed E-state index contributed by atoms with van der Waals surface area (Å²) in [4.78, 5) is 0. The van der Waals surface area contributed by atoms with Crippen LogP contribution < -0.4 is 63.8 Å². The summed E-state index contributed by atoms with van der Waals surface area (Å²) in [7, 11) is -7.73. The molecule has 5 atom stereocenters.